The molecule has 0 aliphatic carbocycles. The Bertz CT molecular complexity index is 377. The Labute approximate surface area is 113 Å². The third kappa shape index (κ3) is 2.75. The molecule has 2 rings (SSSR count). The zero-order chi connectivity index (χ0) is 13.0. The van der Waals surface area contributed by atoms with Gasteiger partial charge in [0.1, 0.15) is 0 Å². The van der Waals surface area contributed by atoms with Gasteiger partial charge in [-0.3, -0.25) is 4.79 Å². The number of amides is 1. The molecule has 2 heterocycles. The maximum Gasteiger partial charge on any atom is 0.227 e. The van der Waals surface area contributed by atoms with Gasteiger partial charge >= 0.3 is 0 Å². The van der Waals surface area contributed by atoms with Gasteiger partial charge in [0.2, 0.25) is 5.91 Å². The summed E-state index contributed by atoms with van der Waals surface area (Å²) in [6, 6.07) is 2.42. The molecule has 2 atom stereocenters. The standard InChI is InChI=1S/C14H22N2OS/c1-2-4-11(9-15)14(17)16-7-3-5-13(16)12-6-8-18-10-12/h6,8,10-11,13H,2-5,7,9,15H2,1H3. The predicted octanol–water partition coefficient (Wildman–Crippen LogP) is 2.79. The second-order valence-corrected chi connectivity index (χ2v) is 5.75. The lowest BCUT2D eigenvalue weighted by Gasteiger charge is -2.28. The average molecular weight is 266 g/mol. The summed E-state index contributed by atoms with van der Waals surface area (Å²) in [7, 11) is 0. The van der Waals surface area contributed by atoms with Gasteiger partial charge in [-0.2, -0.15) is 11.3 Å². The molecule has 100 valence electrons. The van der Waals surface area contributed by atoms with Crippen LogP contribution in [0.3, 0.4) is 0 Å². The molecular weight excluding hydrogens is 244 g/mol. The topological polar surface area (TPSA) is 46.3 Å². The molecule has 0 radical (unpaired) electrons. The Morgan fingerprint density at radius 1 is 1.67 bits per heavy atom. The molecule has 0 aromatic carbocycles. The first-order valence-corrected chi connectivity index (χ1v) is 7.74. The van der Waals surface area contributed by atoms with E-state index in [1.165, 1.54) is 5.56 Å². The highest BCUT2D eigenvalue weighted by molar-refractivity contribution is 7.07. The fourth-order valence-corrected chi connectivity index (χ4v) is 3.47. The molecule has 2 unspecified atom stereocenters. The number of likely N-dealkylation sites (tertiary alicyclic amines) is 1. The van der Waals surface area contributed by atoms with E-state index in [1.54, 1.807) is 11.3 Å². The highest BCUT2D eigenvalue weighted by Gasteiger charge is 2.33. The van der Waals surface area contributed by atoms with Crippen molar-refractivity contribution in [3.8, 4) is 0 Å². The van der Waals surface area contributed by atoms with E-state index < -0.39 is 0 Å². The second kappa shape index (κ2) is 6.34. The maximum absolute atomic E-state index is 12.5. The first-order chi connectivity index (χ1) is 8.77. The molecule has 0 spiro atoms. The average Bonchev–Trinajstić information content (AvgIpc) is 3.03. The predicted molar refractivity (Wildman–Crippen MR) is 75.5 cm³/mol. The second-order valence-electron chi connectivity index (χ2n) is 4.97. The van der Waals surface area contributed by atoms with Crippen LogP contribution in [-0.4, -0.2) is 23.9 Å². The quantitative estimate of drug-likeness (QED) is 0.890. The van der Waals surface area contributed by atoms with Crippen LogP contribution in [0.5, 0.6) is 0 Å². The van der Waals surface area contributed by atoms with Gasteiger partial charge in [0.05, 0.1) is 12.0 Å². The van der Waals surface area contributed by atoms with Gasteiger partial charge in [0.15, 0.2) is 0 Å². The molecule has 3 nitrogen and oxygen atoms in total. The van der Waals surface area contributed by atoms with E-state index in [0.717, 1.165) is 32.2 Å². The Hall–Kier alpha value is -0.870. The zero-order valence-corrected chi connectivity index (χ0v) is 11.8. The summed E-state index contributed by atoms with van der Waals surface area (Å²) < 4.78 is 0. The number of nitrogens with two attached hydrogens (primary N) is 1. The Morgan fingerprint density at radius 2 is 2.50 bits per heavy atom. The van der Waals surface area contributed by atoms with Gasteiger partial charge in [0, 0.05) is 13.1 Å². The fraction of sp³-hybridized carbons (Fsp3) is 0.643. The third-order valence-electron chi connectivity index (χ3n) is 3.73. The van der Waals surface area contributed by atoms with Crippen molar-refractivity contribution in [3.05, 3.63) is 22.4 Å². The van der Waals surface area contributed by atoms with Gasteiger partial charge in [-0.05, 0) is 41.7 Å². The minimum atomic E-state index is 0.00855. The van der Waals surface area contributed by atoms with Crippen LogP contribution in [0.2, 0.25) is 0 Å². The van der Waals surface area contributed by atoms with Crippen LogP contribution >= 0.6 is 11.3 Å². The van der Waals surface area contributed by atoms with Crippen LogP contribution in [0, 0.1) is 5.92 Å². The summed E-state index contributed by atoms with van der Waals surface area (Å²) in [5.41, 5.74) is 7.04. The van der Waals surface area contributed by atoms with Gasteiger partial charge in [-0.15, -0.1) is 0 Å². The van der Waals surface area contributed by atoms with E-state index >= 15 is 0 Å². The zero-order valence-electron chi connectivity index (χ0n) is 11.0. The molecule has 1 aromatic heterocycles. The molecule has 0 bridgehead atoms. The van der Waals surface area contributed by atoms with Crippen LogP contribution in [0.25, 0.3) is 0 Å². The fourth-order valence-electron chi connectivity index (χ4n) is 2.77. The van der Waals surface area contributed by atoms with Gasteiger partial charge in [0.25, 0.3) is 0 Å². The number of carbonyl (C=O) groups is 1. The number of carbonyl (C=O) groups excluding carboxylic acids is 1. The Kier molecular flexibility index (Phi) is 4.78. The number of rotatable bonds is 5. The summed E-state index contributed by atoms with van der Waals surface area (Å²) in [5.74, 6) is 0.266. The van der Waals surface area contributed by atoms with E-state index in [0.29, 0.717) is 6.54 Å². The number of nitrogens with zero attached hydrogens (tertiary/aromatic N) is 1. The van der Waals surface area contributed by atoms with E-state index in [4.69, 9.17) is 5.73 Å². The van der Waals surface area contributed by atoms with Crippen LogP contribution < -0.4 is 5.73 Å². The lowest BCUT2D eigenvalue weighted by Crippen LogP contribution is -2.38. The first-order valence-electron chi connectivity index (χ1n) is 6.80. The normalized spacial score (nSPS) is 21.2. The van der Waals surface area contributed by atoms with E-state index in [-0.39, 0.29) is 17.9 Å². The Balaban J connectivity index is 2.09. The van der Waals surface area contributed by atoms with E-state index in [1.807, 2.05) is 0 Å². The van der Waals surface area contributed by atoms with Crippen molar-refractivity contribution in [1.82, 2.24) is 4.90 Å². The summed E-state index contributed by atoms with van der Waals surface area (Å²) in [6.07, 6.45) is 4.12. The maximum atomic E-state index is 12.5. The van der Waals surface area contributed by atoms with Crippen LogP contribution in [0.1, 0.15) is 44.2 Å². The highest BCUT2D eigenvalue weighted by Crippen LogP contribution is 2.34. The summed E-state index contributed by atoms with van der Waals surface area (Å²) >= 11 is 1.70. The number of hydrogen-bond acceptors (Lipinski definition) is 3. The number of hydrogen-bond donors (Lipinski definition) is 1. The third-order valence-corrected chi connectivity index (χ3v) is 4.44. The minimum absolute atomic E-state index is 0.00855. The lowest BCUT2D eigenvalue weighted by atomic mass is 10.0. The van der Waals surface area contributed by atoms with Crippen molar-refractivity contribution in [2.45, 2.75) is 38.6 Å². The molecule has 4 heteroatoms. The minimum Gasteiger partial charge on any atom is -0.335 e. The highest BCUT2D eigenvalue weighted by atomic mass is 32.1. The van der Waals surface area contributed by atoms with Gasteiger partial charge in [-0.1, -0.05) is 13.3 Å². The van der Waals surface area contributed by atoms with Crippen LogP contribution in [0.15, 0.2) is 16.8 Å². The Morgan fingerprint density at radius 3 is 3.11 bits per heavy atom. The van der Waals surface area contributed by atoms with Crippen molar-refractivity contribution in [3.63, 3.8) is 0 Å². The van der Waals surface area contributed by atoms with Crippen molar-refractivity contribution in [2.24, 2.45) is 11.7 Å². The van der Waals surface area contributed by atoms with Gasteiger partial charge < -0.3 is 10.6 Å². The van der Waals surface area contributed by atoms with Crippen LogP contribution in [-0.2, 0) is 4.79 Å². The molecule has 1 fully saturated rings. The van der Waals surface area contributed by atoms with Crippen LogP contribution in [0.4, 0.5) is 0 Å². The lowest BCUT2D eigenvalue weighted by molar-refractivity contribution is -0.136. The molecule has 0 saturated carbocycles. The van der Waals surface area contributed by atoms with Crippen molar-refractivity contribution < 1.29 is 4.79 Å². The molecule has 1 aliphatic heterocycles. The molecule has 18 heavy (non-hydrogen) atoms. The first kappa shape index (κ1) is 13.6. The van der Waals surface area contributed by atoms with Crippen molar-refractivity contribution in [1.29, 1.82) is 0 Å². The van der Waals surface area contributed by atoms with E-state index in [9.17, 15) is 4.79 Å². The molecule has 1 aliphatic rings. The smallest absolute Gasteiger partial charge is 0.227 e. The number of thiophene rings is 1. The molecular formula is C14H22N2OS. The largest absolute Gasteiger partial charge is 0.335 e. The monoisotopic (exact) mass is 266 g/mol. The summed E-state index contributed by atoms with van der Waals surface area (Å²) in [6.45, 7) is 3.47. The van der Waals surface area contributed by atoms with E-state index in [2.05, 4.69) is 28.7 Å². The molecule has 1 saturated heterocycles. The molecule has 1 amide bonds. The molecule has 1 aromatic rings. The summed E-state index contributed by atoms with van der Waals surface area (Å²) in [4.78, 5) is 14.6. The van der Waals surface area contributed by atoms with Gasteiger partial charge in [-0.25, -0.2) is 0 Å². The van der Waals surface area contributed by atoms with Crippen molar-refractivity contribution >= 4 is 17.2 Å². The molecule has 2 N–H and O–H groups in total. The SMILES string of the molecule is CCCC(CN)C(=O)N1CCCC1c1ccsc1. The van der Waals surface area contributed by atoms with Crippen molar-refractivity contribution in [2.75, 3.05) is 13.1 Å². The summed E-state index contributed by atoms with van der Waals surface area (Å²) in [5, 5.41) is 4.25.